The van der Waals surface area contributed by atoms with Crippen molar-refractivity contribution in [2.45, 2.75) is 36.5 Å². The van der Waals surface area contributed by atoms with Crippen molar-refractivity contribution in [1.82, 2.24) is 4.90 Å². The summed E-state index contributed by atoms with van der Waals surface area (Å²) in [6.07, 6.45) is 5.24. The molecule has 22 heavy (non-hydrogen) atoms. The molecule has 5 heteroatoms. The third-order valence-electron chi connectivity index (χ3n) is 6.25. The second kappa shape index (κ2) is 4.19. The highest BCUT2D eigenvalue weighted by atomic mass is 31.1. The maximum atomic E-state index is 11.5. The largest absolute Gasteiger partial charge is 0.485 e. The molecule has 1 unspecified atom stereocenters. The van der Waals surface area contributed by atoms with Gasteiger partial charge in [-0.3, -0.25) is 4.57 Å². The average molecular weight is 315 g/mol. The summed E-state index contributed by atoms with van der Waals surface area (Å²) in [5.74, 6) is 1.14. The van der Waals surface area contributed by atoms with Crippen LogP contribution < -0.4 is 10.0 Å². The Morgan fingerprint density at radius 2 is 2.27 bits per heavy atom. The SMILES string of the molecule is CN1CC[C@]23c4c5ccc(P=O)c4OC2[C@@H](O)C=C[C@H]3[C@H]1C5. The Labute approximate surface area is 131 Å². The zero-order valence-electron chi connectivity index (χ0n) is 12.4. The molecule has 0 saturated carbocycles. The Balaban J connectivity index is 1.84. The summed E-state index contributed by atoms with van der Waals surface area (Å²) in [6.45, 7) is 1.01. The number of piperidine rings is 1. The van der Waals surface area contributed by atoms with E-state index in [9.17, 15) is 9.67 Å². The van der Waals surface area contributed by atoms with Crippen molar-refractivity contribution in [1.29, 1.82) is 0 Å². The molecule has 2 aliphatic heterocycles. The van der Waals surface area contributed by atoms with Crippen LogP contribution >= 0.6 is 8.46 Å². The van der Waals surface area contributed by atoms with E-state index >= 15 is 0 Å². The van der Waals surface area contributed by atoms with Gasteiger partial charge in [0.2, 0.25) is 0 Å². The van der Waals surface area contributed by atoms with Gasteiger partial charge in [0.05, 0.1) is 5.30 Å². The standard InChI is InChI=1S/C17H18NO3P/c1-18-7-6-17-10-3-4-12(19)16(17)21-15-13(22-20)5-2-9(14(15)17)8-11(10)18/h2-5,10-12,16,19H,6-8H2,1H3/t10-,11+,12-,16?,17-/m0/s1. The van der Waals surface area contributed by atoms with Gasteiger partial charge in [-0.1, -0.05) is 18.2 Å². The number of aliphatic hydroxyl groups excluding tert-OH is 1. The number of ether oxygens (including phenoxy) is 1. The molecule has 4 nitrogen and oxygen atoms in total. The Morgan fingerprint density at radius 3 is 3.09 bits per heavy atom. The second-order valence-electron chi connectivity index (χ2n) is 7.02. The van der Waals surface area contributed by atoms with E-state index in [1.165, 1.54) is 11.1 Å². The summed E-state index contributed by atoms with van der Waals surface area (Å²) in [5, 5.41) is 11.2. The van der Waals surface area contributed by atoms with Crippen LogP contribution in [-0.4, -0.2) is 41.8 Å². The zero-order chi connectivity index (χ0) is 15.1. The van der Waals surface area contributed by atoms with E-state index < -0.39 is 6.10 Å². The molecule has 0 aromatic heterocycles. The number of aliphatic hydroxyl groups is 1. The minimum atomic E-state index is -0.588. The molecule has 114 valence electrons. The lowest BCUT2D eigenvalue weighted by molar-refractivity contribution is -0.0449. The first-order chi connectivity index (χ1) is 10.7. The van der Waals surface area contributed by atoms with Crippen LogP contribution in [0.25, 0.3) is 0 Å². The van der Waals surface area contributed by atoms with Gasteiger partial charge in [0.1, 0.15) is 18.0 Å². The number of benzene rings is 1. The molecule has 4 aliphatic rings. The molecule has 5 rings (SSSR count). The molecule has 1 aromatic carbocycles. The van der Waals surface area contributed by atoms with Crippen LogP contribution in [0.15, 0.2) is 24.3 Å². The Morgan fingerprint density at radius 1 is 1.41 bits per heavy atom. The summed E-state index contributed by atoms with van der Waals surface area (Å²) >= 11 is 0. The van der Waals surface area contributed by atoms with Gasteiger partial charge in [0, 0.05) is 22.9 Å². The summed E-state index contributed by atoms with van der Waals surface area (Å²) in [7, 11) is 2.18. The number of nitrogens with zero attached hydrogens (tertiary/aromatic N) is 1. The van der Waals surface area contributed by atoms with Crippen LogP contribution in [0.3, 0.4) is 0 Å². The third kappa shape index (κ3) is 1.33. The molecular formula is C17H18NO3P. The fraction of sp³-hybridized carbons (Fsp3) is 0.529. The molecule has 1 fully saturated rings. The van der Waals surface area contributed by atoms with Crippen molar-refractivity contribution in [3.8, 4) is 5.75 Å². The topological polar surface area (TPSA) is 49.8 Å². The molecule has 1 aromatic rings. The van der Waals surface area contributed by atoms with Gasteiger partial charge in [-0.05, 0) is 38.1 Å². The van der Waals surface area contributed by atoms with Crippen LogP contribution in [0.5, 0.6) is 5.75 Å². The third-order valence-corrected chi connectivity index (χ3v) is 6.80. The van der Waals surface area contributed by atoms with Gasteiger partial charge in [0.15, 0.2) is 8.46 Å². The average Bonchev–Trinajstić information content (AvgIpc) is 2.88. The maximum Gasteiger partial charge on any atom is 0.196 e. The van der Waals surface area contributed by atoms with E-state index in [4.69, 9.17) is 4.74 Å². The van der Waals surface area contributed by atoms with Crippen molar-refractivity contribution in [2.24, 2.45) is 5.92 Å². The van der Waals surface area contributed by atoms with Gasteiger partial charge < -0.3 is 14.7 Å². The van der Waals surface area contributed by atoms with Gasteiger partial charge in [0.25, 0.3) is 0 Å². The van der Waals surface area contributed by atoms with Crippen molar-refractivity contribution in [2.75, 3.05) is 13.6 Å². The normalized spacial score (nSPS) is 41.4. The van der Waals surface area contributed by atoms with Crippen LogP contribution in [-0.2, 0) is 16.4 Å². The molecular weight excluding hydrogens is 297 g/mol. The molecule has 5 atom stereocenters. The van der Waals surface area contributed by atoms with E-state index in [-0.39, 0.29) is 20.0 Å². The van der Waals surface area contributed by atoms with Gasteiger partial charge >= 0.3 is 0 Å². The minimum Gasteiger partial charge on any atom is -0.485 e. The molecule has 2 heterocycles. The highest BCUT2D eigenvalue weighted by molar-refractivity contribution is 7.34. The minimum absolute atomic E-state index is 0.00866. The number of hydrogen-bond donors (Lipinski definition) is 1. The van der Waals surface area contributed by atoms with Crippen molar-refractivity contribution in [3.63, 3.8) is 0 Å². The van der Waals surface area contributed by atoms with Gasteiger partial charge in [-0.2, -0.15) is 0 Å². The predicted octanol–water partition coefficient (Wildman–Crippen LogP) is 1.41. The monoisotopic (exact) mass is 315 g/mol. The summed E-state index contributed by atoms with van der Waals surface area (Å²) in [4.78, 5) is 2.44. The Hall–Kier alpha value is -1.22. The van der Waals surface area contributed by atoms with Crippen molar-refractivity contribution >= 4 is 13.8 Å². The molecule has 1 saturated heterocycles. The maximum absolute atomic E-state index is 11.5. The van der Waals surface area contributed by atoms with Crippen LogP contribution in [0.2, 0.25) is 0 Å². The lowest BCUT2D eigenvalue weighted by Crippen LogP contribution is -2.64. The highest BCUT2D eigenvalue weighted by Crippen LogP contribution is 2.60. The van der Waals surface area contributed by atoms with E-state index in [0.29, 0.717) is 17.3 Å². The fourth-order valence-corrected chi connectivity index (χ4v) is 5.69. The second-order valence-corrected chi connectivity index (χ2v) is 7.69. The number of likely N-dealkylation sites (N-methyl/N-ethyl adjacent to an activating group) is 1. The first-order valence-corrected chi connectivity index (χ1v) is 8.71. The van der Waals surface area contributed by atoms with E-state index in [1.54, 1.807) is 0 Å². The molecule has 2 aliphatic carbocycles. The lowest BCUT2D eigenvalue weighted by atomic mass is 9.53. The first-order valence-electron chi connectivity index (χ1n) is 7.90. The molecule has 2 bridgehead atoms. The van der Waals surface area contributed by atoms with Crippen LogP contribution in [0.1, 0.15) is 17.5 Å². The van der Waals surface area contributed by atoms with Gasteiger partial charge in [-0.15, -0.1) is 0 Å². The zero-order valence-corrected chi connectivity index (χ0v) is 13.3. The number of likely N-dealkylation sites (tertiary alicyclic amines) is 1. The summed E-state index contributed by atoms with van der Waals surface area (Å²) < 4.78 is 17.7. The van der Waals surface area contributed by atoms with E-state index in [0.717, 1.165) is 25.1 Å². The van der Waals surface area contributed by atoms with E-state index in [2.05, 4.69) is 24.1 Å². The molecule has 0 amide bonds. The Bertz CT molecular complexity index is 718. The van der Waals surface area contributed by atoms with E-state index in [1.807, 2.05) is 12.1 Å². The lowest BCUT2D eigenvalue weighted by Gasteiger charge is -2.56. The summed E-state index contributed by atoms with van der Waals surface area (Å²) in [5.41, 5.74) is 2.39. The van der Waals surface area contributed by atoms with Crippen LogP contribution in [0, 0.1) is 5.92 Å². The number of hydrogen-bond acceptors (Lipinski definition) is 4. The Kier molecular flexibility index (Phi) is 2.52. The van der Waals surface area contributed by atoms with Gasteiger partial charge in [-0.25, -0.2) is 0 Å². The highest BCUT2D eigenvalue weighted by Gasteiger charge is 2.64. The summed E-state index contributed by atoms with van der Waals surface area (Å²) in [6, 6.07) is 4.48. The fourth-order valence-electron chi connectivity index (χ4n) is 5.31. The van der Waals surface area contributed by atoms with Crippen molar-refractivity contribution in [3.05, 3.63) is 35.4 Å². The first kappa shape index (κ1) is 13.2. The van der Waals surface area contributed by atoms with Crippen LogP contribution in [0.4, 0.5) is 0 Å². The quantitative estimate of drug-likeness (QED) is 0.629. The number of rotatable bonds is 1. The predicted molar refractivity (Wildman–Crippen MR) is 83.2 cm³/mol. The van der Waals surface area contributed by atoms with Crippen molar-refractivity contribution < 1.29 is 14.4 Å². The smallest absolute Gasteiger partial charge is 0.196 e. The molecule has 0 radical (unpaired) electrons. The molecule has 1 spiro atoms. The molecule has 1 N–H and O–H groups in total.